The third-order valence-corrected chi connectivity index (χ3v) is 4.79. The van der Waals surface area contributed by atoms with Gasteiger partial charge in [-0.1, -0.05) is 12.1 Å². The Morgan fingerprint density at radius 2 is 2.08 bits per heavy atom. The van der Waals surface area contributed by atoms with Gasteiger partial charge in [0.05, 0.1) is 30.7 Å². The van der Waals surface area contributed by atoms with E-state index in [1.54, 1.807) is 23.1 Å². The van der Waals surface area contributed by atoms with Crippen molar-refractivity contribution in [1.29, 1.82) is 0 Å². The monoisotopic (exact) mass is 345 g/mol. The normalized spacial score (nSPS) is 21.6. The zero-order valence-electron chi connectivity index (χ0n) is 13.8. The summed E-state index contributed by atoms with van der Waals surface area (Å²) in [5.74, 6) is -0.358. The summed E-state index contributed by atoms with van der Waals surface area (Å²) in [6.45, 7) is 2.46. The lowest BCUT2D eigenvalue weighted by atomic mass is 9.96. The number of amides is 1. The Morgan fingerprint density at radius 3 is 2.88 bits per heavy atom. The van der Waals surface area contributed by atoms with Crippen LogP contribution >= 0.6 is 0 Å². The topological polar surface area (TPSA) is 67.5 Å². The van der Waals surface area contributed by atoms with Gasteiger partial charge in [-0.3, -0.25) is 9.89 Å². The molecule has 0 radical (unpaired) electrons. The summed E-state index contributed by atoms with van der Waals surface area (Å²) in [6, 6.07) is 6.36. The summed E-state index contributed by atoms with van der Waals surface area (Å²) in [6.07, 6.45) is 3.11. The van der Waals surface area contributed by atoms with Crippen molar-refractivity contribution in [2.24, 2.45) is 5.92 Å². The molecule has 2 saturated heterocycles. The maximum atomic E-state index is 14.1. The lowest BCUT2D eigenvalue weighted by molar-refractivity contribution is -0.0969. The van der Waals surface area contributed by atoms with Crippen molar-refractivity contribution < 1.29 is 18.7 Å². The predicted molar refractivity (Wildman–Crippen MR) is 88.3 cm³/mol. The Hall–Kier alpha value is -2.25. The van der Waals surface area contributed by atoms with Crippen LogP contribution in [0.4, 0.5) is 4.39 Å². The molecular weight excluding hydrogens is 325 g/mol. The van der Waals surface area contributed by atoms with Crippen molar-refractivity contribution in [3.8, 4) is 11.3 Å². The number of nitrogens with zero attached hydrogens (tertiary/aromatic N) is 2. The molecule has 2 aliphatic heterocycles. The molecule has 1 amide bonds. The van der Waals surface area contributed by atoms with Gasteiger partial charge in [0, 0.05) is 24.6 Å². The van der Waals surface area contributed by atoms with E-state index in [2.05, 4.69) is 10.2 Å². The van der Waals surface area contributed by atoms with Crippen LogP contribution in [-0.4, -0.2) is 53.6 Å². The largest absolute Gasteiger partial charge is 0.350 e. The number of hydrogen-bond donors (Lipinski definition) is 1. The fourth-order valence-electron chi connectivity index (χ4n) is 3.55. The third kappa shape index (κ3) is 3.17. The van der Waals surface area contributed by atoms with Crippen molar-refractivity contribution in [3.63, 3.8) is 0 Å². The van der Waals surface area contributed by atoms with Gasteiger partial charge in [-0.25, -0.2) is 4.39 Å². The van der Waals surface area contributed by atoms with Crippen molar-refractivity contribution >= 4 is 5.91 Å². The number of halogens is 1. The SMILES string of the molecule is O=C(c1cn[nH]c1-c1ccccc1F)N1CCC[C@H](C2OCCO2)C1. The maximum Gasteiger partial charge on any atom is 0.257 e. The van der Waals surface area contributed by atoms with Crippen LogP contribution in [0, 0.1) is 11.7 Å². The van der Waals surface area contributed by atoms with Gasteiger partial charge < -0.3 is 14.4 Å². The summed E-state index contributed by atoms with van der Waals surface area (Å²) in [7, 11) is 0. The number of benzene rings is 1. The van der Waals surface area contributed by atoms with E-state index < -0.39 is 0 Å². The van der Waals surface area contributed by atoms with E-state index in [9.17, 15) is 9.18 Å². The molecule has 3 heterocycles. The highest BCUT2D eigenvalue weighted by atomic mass is 19.1. The molecule has 1 N–H and O–H groups in total. The van der Waals surface area contributed by atoms with E-state index in [0.717, 1.165) is 12.8 Å². The molecular formula is C18H20FN3O3. The standard InChI is InChI=1S/C18H20FN3O3/c19-15-6-2-1-5-13(15)16-14(10-20-21-16)17(23)22-7-3-4-12(11-22)18-24-8-9-25-18/h1-2,5-6,10,12,18H,3-4,7-9,11H2,(H,20,21)/t12-/m0/s1. The van der Waals surface area contributed by atoms with Crippen LogP contribution in [0.5, 0.6) is 0 Å². The van der Waals surface area contributed by atoms with Crippen molar-refractivity contribution in [1.82, 2.24) is 15.1 Å². The Bertz CT molecular complexity index is 758. The van der Waals surface area contributed by atoms with Gasteiger partial charge in [-0.05, 0) is 25.0 Å². The van der Waals surface area contributed by atoms with E-state index in [4.69, 9.17) is 9.47 Å². The summed E-state index contributed by atoms with van der Waals surface area (Å²) < 4.78 is 25.3. The summed E-state index contributed by atoms with van der Waals surface area (Å²) >= 11 is 0. The summed E-state index contributed by atoms with van der Waals surface area (Å²) in [5.41, 5.74) is 1.15. The number of rotatable bonds is 3. The molecule has 6 nitrogen and oxygen atoms in total. The number of aromatic nitrogens is 2. The number of carbonyl (C=O) groups is 1. The highest BCUT2D eigenvalue weighted by Gasteiger charge is 2.34. The molecule has 0 saturated carbocycles. The van der Waals surface area contributed by atoms with Crippen LogP contribution in [0.25, 0.3) is 11.3 Å². The summed E-state index contributed by atoms with van der Waals surface area (Å²) in [5, 5.41) is 6.73. The molecule has 0 spiro atoms. The number of aromatic amines is 1. The molecule has 1 aromatic carbocycles. The van der Waals surface area contributed by atoms with Gasteiger partial charge >= 0.3 is 0 Å². The highest BCUT2D eigenvalue weighted by molar-refractivity contribution is 5.99. The fraction of sp³-hybridized carbons (Fsp3) is 0.444. The van der Waals surface area contributed by atoms with Gasteiger partial charge in [-0.15, -0.1) is 0 Å². The van der Waals surface area contributed by atoms with Crippen molar-refractivity contribution in [2.45, 2.75) is 19.1 Å². The second-order valence-corrected chi connectivity index (χ2v) is 6.40. The lowest BCUT2D eigenvalue weighted by Gasteiger charge is -2.34. The van der Waals surface area contributed by atoms with Crippen LogP contribution in [0.15, 0.2) is 30.5 Å². The molecule has 4 rings (SSSR count). The van der Waals surface area contributed by atoms with Gasteiger partial charge in [0.1, 0.15) is 5.82 Å². The average Bonchev–Trinajstić information content (AvgIpc) is 3.33. The first kappa shape index (κ1) is 16.2. The van der Waals surface area contributed by atoms with Crippen molar-refractivity contribution in [2.75, 3.05) is 26.3 Å². The quantitative estimate of drug-likeness (QED) is 0.928. The highest BCUT2D eigenvalue weighted by Crippen LogP contribution is 2.29. The fourth-order valence-corrected chi connectivity index (χ4v) is 3.55. The van der Waals surface area contributed by atoms with Crippen LogP contribution in [0.2, 0.25) is 0 Å². The molecule has 0 bridgehead atoms. The van der Waals surface area contributed by atoms with Gasteiger partial charge in [0.25, 0.3) is 5.91 Å². The second-order valence-electron chi connectivity index (χ2n) is 6.40. The number of ether oxygens (including phenoxy) is 2. The molecule has 2 aromatic rings. The van der Waals surface area contributed by atoms with E-state index in [1.165, 1.54) is 12.3 Å². The van der Waals surface area contributed by atoms with Crippen LogP contribution in [0.3, 0.4) is 0 Å². The van der Waals surface area contributed by atoms with E-state index >= 15 is 0 Å². The first-order valence-electron chi connectivity index (χ1n) is 8.55. The minimum Gasteiger partial charge on any atom is -0.350 e. The average molecular weight is 345 g/mol. The first-order valence-corrected chi connectivity index (χ1v) is 8.55. The second kappa shape index (κ2) is 6.93. The molecule has 25 heavy (non-hydrogen) atoms. The minimum absolute atomic E-state index is 0.144. The van der Waals surface area contributed by atoms with Crippen LogP contribution in [-0.2, 0) is 9.47 Å². The molecule has 1 aromatic heterocycles. The smallest absolute Gasteiger partial charge is 0.257 e. The van der Waals surface area contributed by atoms with Gasteiger partial charge in [0.15, 0.2) is 6.29 Å². The molecule has 1 atom stereocenters. The van der Waals surface area contributed by atoms with Gasteiger partial charge in [0.2, 0.25) is 0 Å². The number of carbonyl (C=O) groups excluding carboxylic acids is 1. The Kier molecular flexibility index (Phi) is 4.50. The minimum atomic E-state index is -0.384. The number of nitrogens with one attached hydrogen (secondary N) is 1. The number of hydrogen-bond acceptors (Lipinski definition) is 4. The zero-order valence-corrected chi connectivity index (χ0v) is 13.8. The van der Waals surface area contributed by atoms with E-state index in [1.807, 2.05) is 0 Å². The predicted octanol–water partition coefficient (Wildman–Crippen LogP) is 2.44. The maximum absolute atomic E-state index is 14.1. The van der Waals surface area contributed by atoms with E-state index in [-0.39, 0.29) is 23.9 Å². The lowest BCUT2D eigenvalue weighted by Crippen LogP contribution is -2.43. The third-order valence-electron chi connectivity index (χ3n) is 4.79. The van der Waals surface area contributed by atoms with Gasteiger partial charge in [-0.2, -0.15) is 5.10 Å². The Balaban J connectivity index is 1.55. The van der Waals surface area contributed by atoms with Crippen LogP contribution in [0.1, 0.15) is 23.2 Å². The number of H-pyrrole nitrogens is 1. The molecule has 132 valence electrons. The number of likely N-dealkylation sites (tertiary alicyclic amines) is 1. The van der Waals surface area contributed by atoms with Crippen LogP contribution < -0.4 is 0 Å². The summed E-state index contributed by atoms with van der Waals surface area (Å²) in [4.78, 5) is 14.8. The van der Waals surface area contributed by atoms with Crippen molar-refractivity contribution in [3.05, 3.63) is 41.8 Å². The Morgan fingerprint density at radius 1 is 1.28 bits per heavy atom. The molecule has 2 aliphatic rings. The number of piperidine rings is 1. The first-order chi connectivity index (χ1) is 12.2. The van der Waals surface area contributed by atoms with E-state index in [0.29, 0.717) is 43.1 Å². The molecule has 7 heteroatoms. The zero-order chi connectivity index (χ0) is 17.2. The molecule has 0 aliphatic carbocycles. The Labute approximate surface area is 144 Å². The molecule has 0 unspecified atom stereocenters. The molecule has 2 fully saturated rings.